The summed E-state index contributed by atoms with van der Waals surface area (Å²) >= 11 is 0. The smallest absolute Gasteiger partial charge is 0.317 e. The molecule has 0 atom stereocenters. The first-order chi connectivity index (χ1) is 9.49. The summed E-state index contributed by atoms with van der Waals surface area (Å²) in [6, 6.07) is 5.51. The molecule has 1 aromatic carbocycles. The number of nitrogens with one attached hydrogen (secondary N) is 3. The van der Waals surface area contributed by atoms with Gasteiger partial charge < -0.3 is 20.7 Å². The molecule has 6 nitrogen and oxygen atoms in total. The van der Waals surface area contributed by atoms with Crippen LogP contribution in [0.5, 0.6) is 5.75 Å². The highest BCUT2D eigenvalue weighted by atomic mass is 16.5. The van der Waals surface area contributed by atoms with Crippen LogP contribution in [0.15, 0.2) is 18.2 Å². The molecule has 0 radical (unpaired) electrons. The van der Waals surface area contributed by atoms with Crippen LogP contribution in [0.1, 0.15) is 18.1 Å². The van der Waals surface area contributed by atoms with E-state index in [9.17, 15) is 9.59 Å². The van der Waals surface area contributed by atoms with Gasteiger partial charge in [-0.3, -0.25) is 4.79 Å². The molecular formula is C14H21N3O3. The van der Waals surface area contributed by atoms with E-state index in [0.717, 1.165) is 11.3 Å². The molecule has 3 N–H and O–H groups in total. The topological polar surface area (TPSA) is 79.5 Å². The summed E-state index contributed by atoms with van der Waals surface area (Å²) in [6.07, 6.45) is 0. The zero-order chi connectivity index (χ0) is 15.0. The average Bonchev–Trinajstić information content (AvgIpc) is 2.37. The molecule has 1 rings (SSSR count). The Morgan fingerprint density at radius 3 is 2.45 bits per heavy atom. The van der Waals surface area contributed by atoms with Crippen LogP contribution in [0.25, 0.3) is 0 Å². The van der Waals surface area contributed by atoms with Gasteiger partial charge in [-0.1, -0.05) is 17.7 Å². The molecule has 3 amide bonds. The summed E-state index contributed by atoms with van der Waals surface area (Å²) < 4.78 is 5.47. The highest BCUT2D eigenvalue weighted by Crippen LogP contribution is 2.17. The van der Waals surface area contributed by atoms with Gasteiger partial charge in [0, 0.05) is 20.0 Å². The molecule has 0 aliphatic carbocycles. The number of hydrogen-bond acceptors (Lipinski definition) is 3. The quantitative estimate of drug-likeness (QED) is 0.538. The van der Waals surface area contributed by atoms with E-state index < -0.39 is 0 Å². The molecule has 0 unspecified atom stereocenters. The monoisotopic (exact) mass is 279 g/mol. The Bertz CT molecular complexity index is 475. The standard InChI is InChI=1S/C14H21N3O3/c1-10-4-5-13(11(2)8-10)20-9-17-14(19)16-7-6-15-12(3)18/h4-5,8H,6-7,9H2,1-3H3,(H,15,18)(H2,16,17,19). The lowest BCUT2D eigenvalue weighted by Crippen LogP contribution is -2.41. The molecule has 0 aromatic heterocycles. The van der Waals surface area contributed by atoms with Crippen molar-refractivity contribution in [1.82, 2.24) is 16.0 Å². The Labute approximate surface area is 118 Å². The molecule has 20 heavy (non-hydrogen) atoms. The van der Waals surface area contributed by atoms with Crippen LogP contribution in [0, 0.1) is 13.8 Å². The molecular weight excluding hydrogens is 258 g/mol. The van der Waals surface area contributed by atoms with Gasteiger partial charge in [-0.15, -0.1) is 0 Å². The van der Waals surface area contributed by atoms with Gasteiger partial charge in [0.15, 0.2) is 6.73 Å². The van der Waals surface area contributed by atoms with Crippen LogP contribution in [-0.2, 0) is 4.79 Å². The molecule has 0 fully saturated rings. The summed E-state index contributed by atoms with van der Waals surface area (Å²) in [7, 11) is 0. The Morgan fingerprint density at radius 1 is 1.10 bits per heavy atom. The van der Waals surface area contributed by atoms with E-state index in [1.54, 1.807) is 0 Å². The fourth-order valence-electron chi connectivity index (χ4n) is 1.62. The molecule has 0 saturated heterocycles. The summed E-state index contributed by atoms with van der Waals surface area (Å²) in [5.41, 5.74) is 2.19. The van der Waals surface area contributed by atoms with Gasteiger partial charge in [0.1, 0.15) is 5.75 Å². The zero-order valence-electron chi connectivity index (χ0n) is 12.1. The minimum Gasteiger partial charge on any atom is -0.473 e. The second-order valence-electron chi connectivity index (χ2n) is 4.47. The largest absolute Gasteiger partial charge is 0.473 e. The predicted octanol–water partition coefficient (Wildman–Crippen LogP) is 1.08. The number of urea groups is 1. The highest BCUT2D eigenvalue weighted by Gasteiger charge is 2.02. The maximum Gasteiger partial charge on any atom is 0.317 e. The van der Waals surface area contributed by atoms with Crippen LogP contribution in [0.3, 0.4) is 0 Å². The molecule has 0 aliphatic heterocycles. The summed E-state index contributed by atoms with van der Waals surface area (Å²) in [6.45, 7) is 6.26. The first-order valence-electron chi connectivity index (χ1n) is 6.45. The van der Waals surface area contributed by atoms with Crippen LogP contribution in [0.2, 0.25) is 0 Å². The number of aryl methyl sites for hydroxylation is 2. The number of carbonyl (C=O) groups is 2. The van der Waals surface area contributed by atoms with Crippen molar-refractivity contribution in [3.8, 4) is 5.75 Å². The maximum absolute atomic E-state index is 11.4. The van der Waals surface area contributed by atoms with Crippen LogP contribution >= 0.6 is 0 Å². The number of amides is 3. The van der Waals surface area contributed by atoms with Crippen molar-refractivity contribution < 1.29 is 14.3 Å². The second kappa shape index (κ2) is 8.04. The maximum atomic E-state index is 11.4. The van der Waals surface area contributed by atoms with E-state index in [-0.39, 0.29) is 18.7 Å². The molecule has 6 heteroatoms. The second-order valence-corrected chi connectivity index (χ2v) is 4.47. The number of ether oxygens (including phenoxy) is 1. The molecule has 0 saturated carbocycles. The van der Waals surface area contributed by atoms with Gasteiger partial charge in [-0.2, -0.15) is 0 Å². The first kappa shape index (κ1) is 15.8. The normalized spacial score (nSPS) is 9.75. The zero-order valence-corrected chi connectivity index (χ0v) is 12.1. The molecule has 1 aromatic rings. The molecule has 0 heterocycles. The molecule has 110 valence electrons. The van der Waals surface area contributed by atoms with Crippen molar-refractivity contribution >= 4 is 11.9 Å². The predicted molar refractivity (Wildman–Crippen MR) is 76.6 cm³/mol. The Hall–Kier alpha value is -2.24. The van der Waals surface area contributed by atoms with E-state index in [4.69, 9.17) is 4.74 Å². The Balaban J connectivity index is 2.20. The van der Waals surface area contributed by atoms with Crippen molar-refractivity contribution in [2.45, 2.75) is 20.8 Å². The number of hydrogen-bond donors (Lipinski definition) is 3. The van der Waals surface area contributed by atoms with Gasteiger partial charge in [-0.25, -0.2) is 4.79 Å². The average molecular weight is 279 g/mol. The van der Waals surface area contributed by atoms with Gasteiger partial charge >= 0.3 is 6.03 Å². The SMILES string of the molecule is CC(=O)NCCNC(=O)NCOc1ccc(C)cc1C. The third-order valence-electron chi connectivity index (χ3n) is 2.58. The third-order valence-corrected chi connectivity index (χ3v) is 2.58. The van der Waals surface area contributed by atoms with Crippen LogP contribution in [0.4, 0.5) is 4.79 Å². The van der Waals surface area contributed by atoms with E-state index in [1.807, 2.05) is 32.0 Å². The lowest BCUT2D eigenvalue weighted by Gasteiger charge is -2.11. The minimum absolute atomic E-state index is 0.0931. The minimum atomic E-state index is -0.333. The van der Waals surface area contributed by atoms with Crippen molar-refractivity contribution in [1.29, 1.82) is 0 Å². The lowest BCUT2D eigenvalue weighted by molar-refractivity contribution is -0.118. The van der Waals surface area contributed by atoms with E-state index in [1.165, 1.54) is 12.5 Å². The molecule has 0 bridgehead atoms. The van der Waals surface area contributed by atoms with Gasteiger partial charge in [-0.05, 0) is 25.5 Å². The van der Waals surface area contributed by atoms with E-state index in [2.05, 4.69) is 16.0 Å². The van der Waals surface area contributed by atoms with Crippen LogP contribution < -0.4 is 20.7 Å². The lowest BCUT2D eigenvalue weighted by atomic mass is 10.1. The van der Waals surface area contributed by atoms with E-state index in [0.29, 0.717) is 13.1 Å². The van der Waals surface area contributed by atoms with Crippen molar-refractivity contribution in [2.75, 3.05) is 19.8 Å². The third kappa shape index (κ3) is 6.08. The molecule has 0 aliphatic rings. The summed E-state index contributed by atoms with van der Waals surface area (Å²) in [5.74, 6) is 0.625. The van der Waals surface area contributed by atoms with Gasteiger partial charge in [0.2, 0.25) is 5.91 Å². The van der Waals surface area contributed by atoms with Crippen molar-refractivity contribution in [3.63, 3.8) is 0 Å². The summed E-state index contributed by atoms with van der Waals surface area (Å²) in [5, 5.41) is 7.76. The first-order valence-corrected chi connectivity index (χ1v) is 6.45. The fraction of sp³-hybridized carbons (Fsp3) is 0.429. The van der Waals surface area contributed by atoms with Gasteiger partial charge in [0.25, 0.3) is 0 Å². The highest BCUT2D eigenvalue weighted by molar-refractivity contribution is 5.74. The van der Waals surface area contributed by atoms with Crippen molar-refractivity contribution in [2.24, 2.45) is 0 Å². The summed E-state index contributed by atoms with van der Waals surface area (Å²) in [4.78, 5) is 22.0. The molecule has 0 spiro atoms. The van der Waals surface area contributed by atoms with Crippen LogP contribution in [-0.4, -0.2) is 31.8 Å². The fourth-order valence-corrected chi connectivity index (χ4v) is 1.62. The number of benzene rings is 1. The van der Waals surface area contributed by atoms with Crippen molar-refractivity contribution in [3.05, 3.63) is 29.3 Å². The Morgan fingerprint density at radius 2 is 1.80 bits per heavy atom. The van der Waals surface area contributed by atoms with E-state index >= 15 is 0 Å². The van der Waals surface area contributed by atoms with Gasteiger partial charge in [0.05, 0.1) is 0 Å². The number of rotatable bonds is 6. The Kier molecular flexibility index (Phi) is 6.36. The number of carbonyl (C=O) groups excluding carboxylic acids is 2.